The minimum atomic E-state index is -4.60. The van der Waals surface area contributed by atoms with Crippen LogP contribution >= 0.6 is 0 Å². The van der Waals surface area contributed by atoms with E-state index < -0.39 is 17.4 Å². The molecule has 1 aromatic carbocycles. The lowest BCUT2D eigenvalue weighted by Gasteiger charge is -2.33. The van der Waals surface area contributed by atoms with Crippen molar-refractivity contribution in [1.29, 1.82) is 0 Å². The SMILES string of the molecule is Cn1cnnc1[C@H](c1cc(-c2cncnc2)cc(-n2cc3c(C(F)(F)F)cccn3c2=O)c1)C1CCC1. The molecular formula is C26H22F3N7O. The molecule has 0 bridgehead atoms. The second kappa shape index (κ2) is 8.68. The lowest BCUT2D eigenvalue weighted by atomic mass is 9.72. The molecule has 0 spiro atoms. The number of nitrogens with zero attached hydrogens (tertiary/aromatic N) is 7. The Kier molecular flexibility index (Phi) is 5.43. The van der Waals surface area contributed by atoms with Crippen LogP contribution in [0.5, 0.6) is 0 Å². The van der Waals surface area contributed by atoms with Crippen molar-refractivity contribution in [3.05, 3.63) is 95.2 Å². The van der Waals surface area contributed by atoms with Gasteiger partial charge in [0.25, 0.3) is 0 Å². The summed E-state index contributed by atoms with van der Waals surface area (Å²) < 4.78 is 45.2. The van der Waals surface area contributed by atoms with Gasteiger partial charge in [0.1, 0.15) is 18.5 Å². The zero-order valence-electron chi connectivity index (χ0n) is 19.8. The van der Waals surface area contributed by atoms with Crippen molar-refractivity contribution in [2.45, 2.75) is 31.4 Å². The van der Waals surface area contributed by atoms with Crippen LogP contribution < -0.4 is 5.69 Å². The molecule has 0 aliphatic heterocycles. The Hall–Kier alpha value is -4.28. The van der Waals surface area contributed by atoms with Crippen LogP contribution in [0.15, 0.2) is 72.6 Å². The zero-order chi connectivity index (χ0) is 25.7. The highest BCUT2D eigenvalue weighted by molar-refractivity contribution is 5.67. The van der Waals surface area contributed by atoms with Gasteiger partial charge in [0, 0.05) is 43.3 Å². The summed E-state index contributed by atoms with van der Waals surface area (Å²) in [6, 6.07) is 7.85. The van der Waals surface area contributed by atoms with Crippen LogP contribution in [0.3, 0.4) is 0 Å². The topological polar surface area (TPSA) is 82.9 Å². The number of aryl methyl sites for hydroxylation is 1. The average Bonchev–Trinajstić information content (AvgIpc) is 3.43. The van der Waals surface area contributed by atoms with E-state index >= 15 is 0 Å². The molecular weight excluding hydrogens is 483 g/mol. The molecule has 188 valence electrons. The van der Waals surface area contributed by atoms with Gasteiger partial charge in [-0.3, -0.25) is 8.97 Å². The molecule has 1 aliphatic carbocycles. The molecule has 1 saturated carbocycles. The van der Waals surface area contributed by atoms with E-state index in [0.29, 0.717) is 11.6 Å². The van der Waals surface area contributed by atoms with Gasteiger partial charge in [-0.2, -0.15) is 13.2 Å². The highest BCUT2D eigenvalue weighted by Crippen LogP contribution is 2.44. The minimum Gasteiger partial charge on any atom is -0.320 e. The molecule has 1 fully saturated rings. The third-order valence-electron chi connectivity index (χ3n) is 7.12. The first kappa shape index (κ1) is 23.1. The summed E-state index contributed by atoms with van der Waals surface area (Å²) in [7, 11) is 1.89. The number of imidazole rings is 1. The Morgan fingerprint density at radius 3 is 2.51 bits per heavy atom. The Morgan fingerprint density at radius 1 is 1.08 bits per heavy atom. The zero-order valence-corrected chi connectivity index (χ0v) is 19.8. The van der Waals surface area contributed by atoms with Crippen LogP contribution in [-0.4, -0.2) is 33.7 Å². The number of fused-ring (bicyclic) bond motifs is 1. The van der Waals surface area contributed by atoms with Crippen LogP contribution in [0.2, 0.25) is 0 Å². The summed E-state index contributed by atoms with van der Waals surface area (Å²) in [4.78, 5) is 21.6. The number of pyridine rings is 1. The molecule has 0 N–H and O–H groups in total. The molecule has 11 heteroatoms. The van der Waals surface area contributed by atoms with Crippen molar-refractivity contribution < 1.29 is 13.2 Å². The molecule has 1 aliphatic rings. The highest BCUT2D eigenvalue weighted by atomic mass is 19.4. The molecule has 0 unspecified atom stereocenters. The van der Waals surface area contributed by atoms with Gasteiger partial charge in [0.2, 0.25) is 0 Å². The summed E-state index contributed by atoms with van der Waals surface area (Å²) in [6.45, 7) is 0. The van der Waals surface area contributed by atoms with Crippen molar-refractivity contribution in [1.82, 2.24) is 33.7 Å². The summed E-state index contributed by atoms with van der Waals surface area (Å²) in [5.74, 6) is 1.04. The molecule has 0 radical (unpaired) electrons. The fourth-order valence-electron chi connectivity index (χ4n) is 5.08. The van der Waals surface area contributed by atoms with E-state index in [4.69, 9.17) is 0 Å². The molecule has 1 atom stereocenters. The third-order valence-corrected chi connectivity index (χ3v) is 7.12. The van der Waals surface area contributed by atoms with Gasteiger partial charge in [0.05, 0.1) is 16.8 Å². The first-order valence-electron chi connectivity index (χ1n) is 11.9. The molecule has 37 heavy (non-hydrogen) atoms. The van der Waals surface area contributed by atoms with Crippen molar-refractivity contribution >= 4 is 5.52 Å². The quantitative estimate of drug-likeness (QED) is 0.348. The number of hydrogen-bond acceptors (Lipinski definition) is 5. The van der Waals surface area contributed by atoms with Gasteiger partial charge in [-0.25, -0.2) is 14.8 Å². The van der Waals surface area contributed by atoms with E-state index in [0.717, 1.165) is 52.2 Å². The lowest BCUT2D eigenvalue weighted by molar-refractivity contribution is -0.136. The normalized spacial score (nSPS) is 15.1. The number of halogens is 3. The van der Waals surface area contributed by atoms with Gasteiger partial charge in [0.15, 0.2) is 0 Å². The predicted molar refractivity (Wildman–Crippen MR) is 129 cm³/mol. The molecule has 6 rings (SSSR count). The Balaban J connectivity index is 1.59. The van der Waals surface area contributed by atoms with Gasteiger partial charge in [-0.05, 0) is 54.2 Å². The number of hydrogen-bond donors (Lipinski definition) is 0. The molecule has 4 heterocycles. The van der Waals surface area contributed by atoms with Gasteiger partial charge in [-0.15, -0.1) is 10.2 Å². The second-order valence-electron chi connectivity index (χ2n) is 9.37. The maximum Gasteiger partial charge on any atom is 0.418 e. The first-order chi connectivity index (χ1) is 17.8. The van der Waals surface area contributed by atoms with Crippen molar-refractivity contribution in [3.63, 3.8) is 0 Å². The van der Waals surface area contributed by atoms with E-state index in [1.165, 1.54) is 29.4 Å². The maximum absolute atomic E-state index is 13.7. The summed E-state index contributed by atoms with van der Waals surface area (Å²) in [6.07, 6.45) is 7.56. The Morgan fingerprint density at radius 2 is 1.86 bits per heavy atom. The number of aromatic nitrogens is 7. The number of alkyl halides is 3. The molecule has 0 amide bonds. The van der Waals surface area contributed by atoms with Crippen molar-refractivity contribution in [2.24, 2.45) is 13.0 Å². The van der Waals surface area contributed by atoms with Crippen LogP contribution in [0.4, 0.5) is 13.2 Å². The third kappa shape index (κ3) is 4.00. The maximum atomic E-state index is 13.7. The lowest BCUT2D eigenvalue weighted by Crippen LogP contribution is -2.24. The first-order valence-corrected chi connectivity index (χ1v) is 11.9. The van der Waals surface area contributed by atoms with E-state index in [1.54, 1.807) is 24.8 Å². The predicted octanol–water partition coefficient (Wildman–Crippen LogP) is 4.63. The Bertz CT molecular complexity index is 1650. The summed E-state index contributed by atoms with van der Waals surface area (Å²) >= 11 is 0. The monoisotopic (exact) mass is 505 g/mol. The molecule has 0 saturated heterocycles. The summed E-state index contributed by atoms with van der Waals surface area (Å²) in [5, 5.41) is 8.46. The van der Waals surface area contributed by atoms with E-state index in [2.05, 4.69) is 20.2 Å². The van der Waals surface area contributed by atoms with Crippen LogP contribution in [0, 0.1) is 5.92 Å². The van der Waals surface area contributed by atoms with Gasteiger partial charge in [-0.1, -0.05) is 12.5 Å². The van der Waals surface area contributed by atoms with Crippen LogP contribution in [-0.2, 0) is 13.2 Å². The van der Waals surface area contributed by atoms with Gasteiger partial charge >= 0.3 is 11.9 Å². The van der Waals surface area contributed by atoms with E-state index in [1.807, 2.05) is 23.7 Å². The highest BCUT2D eigenvalue weighted by Gasteiger charge is 2.35. The summed E-state index contributed by atoms with van der Waals surface area (Å²) in [5.41, 5.74) is 1.15. The number of benzene rings is 1. The molecule has 4 aromatic heterocycles. The molecule has 5 aromatic rings. The standard InChI is InChI=1S/C26H22F3N7O/c1-34-15-32-33-24(34)23(16-4-2-5-16)18-8-17(19-11-30-14-31-12-19)9-20(10-18)36-13-22-21(26(27,28)29)6-3-7-35(22)25(36)37/h3,6-16,23H,2,4-5H2,1H3/t23-/m0/s1. The van der Waals surface area contributed by atoms with E-state index in [9.17, 15) is 18.0 Å². The fraction of sp³-hybridized carbons (Fsp3) is 0.269. The largest absolute Gasteiger partial charge is 0.418 e. The smallest absolute Gasteiger partial charge is 0.320 e. The fourth-order valence-corrected chi connectivity index (χ4v) is 5.08. The average molecular weight is 506 g/mol. The van der Waals surface area contributed by atoms with Crippen LogP contribution in [0.25, 0.3) is 22.3 Å². The van der Waals surface area contributed by atoms with Gasteiger partial charge < -0.3 is 4.57 Å². The minimum absolute atomic E-state index is 0.0944. The van der Waals surface area contributed by atoms with Crippen molar-refractivity contribution in [3.8, 4) is 16.8 Å². The molecule has 8 nitrogen and oxygen atoms in total. The second-order valence-corrected chi connectivity index (χ2v) is 9.37. The van der Waals surface area contributed by atoms with Crippen molar-refractivity contribution in [2.75, 3.05) is 0 Å². The van der Waals surface area contributed by atoms with E-state index in [-0.39, 0.29) is 11.4 Å². The van der Waals surface area contributed by atoms with Crippen LogP contribution in [0.1, 0.15) is 42.1 Å². The number of rotatable bonds is 5. The Labute approximate surface area is 209 Å².